The molecule has 0 spiro atoms. The van der Waals surface area contributed by atoms with Crippen LogP contribution in [0.3, 0.4) is 0 Å². The van der Waals surface area contributed by atoms with Crippen molar-refractivity contribution in [1.82, 2.24) is 5.32 Å². The van der Waals surface area contributed by atoms with E-state index >= 15 is 0 Å². The van der Waals surface area contributed by atoms with Crippen molar-refractivity contribution in [3.05, 3.63) is 47.5 Å². The molecule has 3 N–H and O–H groups in total. The van der Waals surface area contributed by atoms with Crippen LogP contribution in [0.4, 0.5) is 0 Å². The largest absolute Gasteiger partial charge is 0.504 e. The number of nitrogens with one attached hydrogen (secondary N) is 1. The van der Waals surface area contributed by atoms with Gasteiger partial charge < -0.3 is 29.7 Å². The number of ether oxygens (including phenoxy) is 3. The first-order valence-electron chi connectivity index (χ1n) is 8.96. The predicted molar refractivity (Wildman–Crippen MR) is 105 cm³/mol. The second-order valence-electron chi connectivity index (χ2n) is 6.36. The number of esters is 1. The zero-order valence-electron chi connectivity index (χ0n) is 16.6. The number of hydrogen-bond donors (Lipinski definition) is 3. The monoisotopic (exact) mass is 403 g/mol. The van der Waals surface area contributed by atoms with Crippen LogP contribution >= 0.6 is 0 Å². The Morgan fingerprint density at radius 1 is 0.931 bits per heavy atom. The van der Waals surface area contributed by atoms with Gasteiger partial charge in [-0.3, -0.25) is 4.79 Å². The molecule has 0 fully saturated rings. The second-order valence-corrected chi connectivity index (χ2v) is 6.36. The lowest BCUT2D eigenvalue weighted by Gasteiger charge is -2.17. The van der Waals surface area contributed by atoms with Crippen LogP contribution in [0.5, 0.6) is 23.0 Å². The normalized spacial score (nSPS) is 11.4. The van der Waals surface area contributed by atoms with E-state index in [1.807, 2.05) is 6.07 Å². The first kappa shape index (κ1) is 21.9. The minimum absolute atomic E-state index is 0.114. The second kappa shape index (κ2) is 10.2. The molecule has 0 aliphatic rings. The Bertz CT molecular complexity index is 866. The minimum atomic E-state index is -0.915. The van der Waals surface area contributed by atoms with Crippen molar-refractivity contribution in [2.24, 2.45) is 0 Å². The van der Waals surface area contributed by atoms with E-state index in [0.29, 0.717) is 23.5 Å². The van der Waals surface area contributed by atoms with Crippen LogP contribution < -0.4 is 14.8 Å². The van der Waals surface area contributed by atoms with Gasteiger partial charge in [-0.2, -0.15) is 0 Å². The molecule has 0 heterocycles. The van der Waals surface area contributed by atoms with Crippen molar-refractivity contribution in [3.8, 4) is 23.0 Å². The number of benzene rings is 2. The molecule has 8 nitrogen and oxygen atoms in total. The standard InChI is InChI=1S/C21H25NO7/c1-27-18-8-5-13(12-19(18)28-2)6-9-20(25)22-15(21(26)29-3)10-14-4-7-16(23)17(24)11-14/h4-5,7-8,11-12,15,23-24H,6,9-10H2,1-3H3,(H,22,25)/t15-/m0/s1. The number of hydrogen-bond acceptors (Lipinski definition) is 7. The van der Waals surface area contributed by atoms with E-state index in [2.05, 4.69) is 5.32 Å². The fourth-order valence-electron chi connectivity index (χ4n) is 2.83. The van der Waals surface area contributed by atoms with E-state index in [0.717, 1.165) is 5.56 Å². The van der Waals surface area contributed by atoms with E-state index in [9.17, 15) is 19.8 Å². The highest BCUT2D eigenvalue weighted by Crippen LogP contribution is 2.28. The van der Waals surface area contributed by atoms with E-state index in [1.165, 1.54) is 26.4 Å². The maximum atomic E-state index is 12.4. The molecule has 0 aliphatic heterocycles. The summed E-state index contributed by atoms with van der Waals surface area (Å²) in [6, 6.07) is 8.69. The number of amides is 1. The Hall–Kier alpha value is -3.42. The topological polar surface area (TPSA) is 114 Å². The molecule has 2 aromatic carbocycles. The number of aromatic hydroxyl groups is 2. The van der Waals surface area contributed by atoms with Crippen LogP contribution in [0.2, 0.25) is 0 Å². The molecular weight excluding hydrogens is 378 g/mol. The van der Waals surface area contributed by atoms with Gasteiger partial charge in [0.25, 0.3) is 0 Å². The van der Waals surface area contributed by atoms with Gasteiger partial charge in [-0.1, -0.05) is 12.1 Å². The number of phenols is 2. The number of rotatable bonds is 9. The van der Waals surface area contributed by atoms with Gasteiger partial charge in [0, 0.05) is 12.8 Å². The van der Waals surface area contributed by atoms with Gasteiger partial charge in [-0.15, -0.1) is 0 Å². The molecule has 0 aromatic heterocycles. The summed E-state index contributed by atoms with van der Waals surface area (Å²) in [5, 5.41) is 21.7. The molecule has 0 unspecified atom stereocenters. The quantitative estimate of drug-likeness (QED) is 0.433. The third-order valence-corrected chi connectivity index (χ3v) is 4.39. The number of methoxy groups -OCH3 is 3. The first-order valence-corrected chi connectivity index (χ1v) is 8.96. The van der Waals surface area contributed by atoms with Gasteiger partial charge >= 0.3 is 5.97 Å². The van der Waals surface area contributed by atoms with Crippen LogP contribution in [0.25, 0.3) is 0 Å². The first-order chi connectivity index (χ1) is 13.9. The molecule has 2 aromatic rings. The summed E-state index contributed by atoms with van der Waals surface area (Å²) in [5.74, 6) is -0.308. The zero-order valence-corrected chi connectivity index (χ0v) is 16.6. The SMILES string of the molecule is COC(=O)[C@H](Cc1ccc(O)c(O)c1)NC(=O)CCc1ccc(OC)c(OC)c1. The van der Waals surface area contributed by atoms with E-state index < -0.39 is 12.0 Å². The number of carbonyl (C=O) groups is 2. The van der Waals surface area contributed by atoms with Crippen LogP contribution in [-0.4, -0.2) is 49.5 Å². The molecule has 0 radical (unpaired) electrons. The summed E-state index contributed by atoms with van der Waals surface area (Å²) in [7, 11) is 4.32. The van der Waals surface area contributed by atoms with Crippen molar-refractivity contribution >= 4 is 11.9 Å². The maximum Gasteiger partial charge on any atom is 0.328 e. The Morgan fingerprint density at radius 3 is 2.24 bits per heavy atom. The van der Waals surface area contributed by atoms with Crippen molar-refractivity contribution in [2.45, 2.75) is 25.3 Å². The molecule has 1 amide bonds. The summed E-state index contributed by atoms with van der Waals surface area (Å²) in [6.07, 6.45) is 0.715. The van der Waals surface area contributed by atoms with Crippen LogP contribution in [0.1, 0.15) is 17.5 Å². The maximum absolute atomic E-state index is 12.4. The van der Waals surface area contributed by atoms with Crippen molar-refractivity contribution in [1.29, 1.82) is 0 Å². The average Bonchev–Trinajstić information content (AvgIpc) is 2.73. The van der Waals surface area contributed by atoms with Crippen molar-refractivity contribution in [2.75, 3.05) is 21.3 Å². The van der Waals surface area contributed by atoms with Crippen molar-refractivity contribution in [3.63, 3.8) is 0 Å². The fourth-order valence-corrected chi connectivity index (χ4v) is 2.83. The summed E-state index contributed by atoms with van der Waals surface area (Å²) in [4.78, 5) is 24.4. The summed E-state index contributed by atoms with van der Waals surface area (Å²) in [5.41, 5.74) is 1.45. The highest BCUT2D eigenvalue weighted by molar-refractivity contribution is 5.84. The molecule has 156 valence electrons. The molecule has 0 aliphatic carbocycles. The molecule has 0 saturated carbocycles. The Morgan fingerprint density at radius 2 is 1.62 bits per heavy atom. The van der Waals surface area contributed by atoms with E-state index in [1.54, 1.807) is 25.3 Å². The van der Waals surface area contributed by atoms with Gasteiger partial charge in [0.2, 0.25) is 5.91 Å². The van der Waals surface area contributed by atoms with Gasteiger partial charge in [-0.05, 0) is 41.8 Å². The molecule has 1 atom stereocenters. The molecule has 0 bridgehead atoms. The molecule has 0 saturated heterocycles. The lowest BCUT2D eigenvalue weighted by Crippen LogP contribution is -2.43. The lowest BCUT2D eigenvalue weighted by atomic mass is 10.0. The van der Waals surface area contributed by atoms with Crippen molar-refractivity contribution < 1.29 is 34.0 Å². The van der Waals surface area contributed by atoms with Gasteiger partial charge in [0.1, 0.15) is 6.04 Å². The third kappa shape index (κ3) is 6.03. The fraction of sp³-hybridized carbons (Fsp3) is 0.333. The third-order valence-electron chi connectivity index (χ3n) is 4.39. The average molecular weight is 403 g/mol. The van der Waals surface area contributed by atoms with Gasteiger partial charge in [0.05, 0.1) is 21.3 Å². The van der Waals surface area contributed by atoms with Crippen LogP contribution in [0, 0.1) is 0 Å². The summed E-state index contributed by atoms with van der Waals surface area (Å²) >= 11 is 0. The number of aryl methyl sites for hydroxylation is 1. The molecule has 2 rings (SSSR count). The molecule has 8 heteroatoms. The van der Waals surface area contributed by atoms with E-state index in [4.69, 9.17) is 14.2 Å². The smallest absolute Gasteiger partial charge is 0.328 e. The molecular formula is C21H25NO7. The summed E-state index contributed by atoms with van der Waals surface area (Å²) in [6.45, 7) is 0. The van der Waals surface area contributed by atoms with Crippen LogP contribution in [0.15, 0.2) is 36.4 Å². The minimum Gasteiger partial charge on any atom is -0.504 e. The zero-order chi connectivity index (χ0) is 21.4. The highest BCUT2D eigenvalue weighted by Gasteiger charge is 2.22. The Labute approximate surface area is 169 Å². The van der Waals surface area contributed by atoms with Crippen LogP contribution in [-0.2, 0) is 27.2 Å². The predicted octanol–water partition coefficient (Wildman–Crippen LogP) is 1.95. The highest BCUT2D eigenvalue weighted by atomic mass is 16.5. The molecule has 29 heavy (non-hydrogen) atoms. The number of carbonyl (C=O) groups excluding carboxylic acids is 2. The van der Waals surface area contributed by atoms with E-state index in [-0.39, 0.29) is 30.2 Å². The lowest BCUT2D eigenvalue weighted by molar-refractivity contribution is -0.145. The van der Waals surface area contributed by atoms with Gasteiger partial charge in [-0.25, -0.2) is 4.79 Å². The van der Waals surface area contributed by atoms with Gasteiger partial charge in [0.15, 0.2) is 23.0 Å². The summed E-state index contributed by atoms with van der Waals surface area (Å²) < 4.78 is 15.2. The number of phenolic OH excluding ortho intramolecular Hbond substituents is 2. The Kier molecular flexibility index (Phi) is 7.70. The Balaban J connectivity index is 2.00.